The number of hydrogen-bond acceptors (Lipinski definition) is 3. The predicted octanol–water partition coefficient (Wildman–Crippen LogP) is 1.34. The third-order valence-electron chi connectivity index (χ3n) is 0.800. The smallest absolute Gasteiger partial charge is 0.416 e. The first kappa shape index (κ1) is 13.0. The van der Waals surface area contributed by atoms with Gasteiger partial charge in [0.15, 0.2) is 0 Å². The van der Waals surface area contributed by atoms with E-state index in [2.05, 4.69) is 9.62 Å². The molecule has 0 aromatic carbocycles. The number of esters is 1. The minimum atomic E-state index is -5.62. The van der Waals surface area contributed by atoms with E-state index < -0.39 is 24.6 Å². The number of carbonyl (C=O) groups excluding carboxylic acids is 1. The van der Waals surface area contributed by atoms with Crippen molar-refractivity contribution in [3.8, 4) is 0 Å². The molecule has 0 heterocycles. The van der Waals surface area contributed by atoms with Crippen molar-refractivity contribution in [2.45, 2.75) is 18.6 Å². The highest BCUT2D eigenvalue weighted by atomic mass is 19.4. The molecule has 0 fully saturated rings. The molecule has 0 amide bonds. The molecule has 0 spiro atoms. The highest BCUT2D eigenvalue weighted by Crippen LogP contribution is 2.26. The van der Waals surface area contributed by atoms with Gasteiger partial charge in [0, 0.05) is 0 Å². The Morgan fingerprint density at radius 2 is 1.50 bits per heavy atom. The SMILES string of the molecule is [O]OC(OC(=O)C(F)(F)F)C(F)(F)F. The van der Waals surface area contributed by atoms with Crippen LogP contribution >= 0.6 is 0 Å². The van der Waals surface area contributed by atoms with Crippen molar-refractivity contribution in [1.29, 1.82) is 0 Å². The van der Waals surface area contributed by atoms with E-state index in [1.807, 2.05) is 0 Å². The molecule has 0 aliphatic heterocycles. The molecule has 1 atom stereocenters. The average Bonchev–Trinajstić information content (AvgIpc) is 1.95. The van der Waals surface area contributed by atoms with Crippen molar-refractivity contribution in [3.05, 3.63) is 0 Å². The Morgan fingerprint density at radius 1 is 1.07 bits per heavy atom. The Bertz CT molecular complexity index is 207. The average molecular weight is 227 g/mol. The lowest BCUT2D eigenvalue weighted by atomic mass is 10.6. The van der Waals surface area contributed by atoms with Crippen LogP contribution in [0.25, 0.3) is 0 Å². The molecule has 14 heavy (non-hydrogen) atoms. The number of alkyl halides is 6. The second-order valence-electron chi connectivity index (χ2n) is 1.87. The van der Waals surface area contributed by atoms with Crippen LogP contribution in [0.2, 0.25) is 0 Å². The Kier molecular flexibility index (Phi) is 3.71. The molecule has 0 bridgehead atoms. The van der Waals surface area contributed by atoms with Gasteiger partial charge in [-0.25, -0.2) is 4.79 Å². The van der Waals surface area contributed by atoms with Crippen LogP contribution in [0.1, 0.15) is 0 Å². The molecule has 0 saturated heterocycles. The van der Waals surface area contributed by atoms with Gasteiger partial charge in [0.25, 0.3) is 0 Å². The summed E-state index contributed by atoms with van der Waals surface area (Å²) >= 11 is 0. The van der Waals surface area contributed by atoms with Crippen molar-refractivity contribution < 1.29 is 46.0 Å². The summed E-state index contributed by atoms with van der Waals surface area (Å²) in [5.41, 5.74) is 0. The number of ether oxygens (including phenoxy) is 1. The molecule has 0 N–H and O–H groups in total. The molecular weight excluding hydrogens is 226 g/mol. The number of hydrogen-bond donors (Lipinski definition) is 0. The Morgan fingerprint density at radius 3 is 1.71 bits per heavy atom. The Balaban J connectivity index is 4.43. The first-order valence-electron chi connectivity index (χ1n) is 2.72. The number of rotatable bonds is 2. The minimum Gasteiger partial charge on any atom is -0.416 e. The lowest BCUT2D eigenvalue weighted by Crippen LogP contribution is -2.39. The topological polar surface area (TPSA) is 55.4 Å². The number of carbonyl (C=O) groups is 1. The van der Waals surface area contributed by atoms with Crippen LogP contribution < -0.4 is 0 Å². The van der Waals surface area contributed by atoms with Crippen LogP contribution in [0, 0.1) is 0 Å². The van der Waals surface area contributed by atoms with Crippen LogP contribution in [0.4, 0.5) is 26.3 Å². The maximum absolute atomic E-state index is 11.5. The molecular formula is C4HF6O4. The fraction of sp³-hybridized carbons (Fsp3) is 0.750. The molecule has 0 aromatic heterocycles. The molecule has 1 unspecified atom stereocenters. The van der Waals surface area contributed by atoms with Gasteiger partial charge in [-0.1, -0.05) is 0 Å². The summed E-state index contributed by atoms with van der Waals surface area (Å²) in [5.74, 6) is -3.16. The van der Waals surface area contributed by atoms with Crippen molar-refractivity contribution in [2.24, 2.45) is 0 Å². The zero-order valence-corrected chi connectivity index (χ0v) is 5.98. The van der Waals surface area contributed by atoms with Crippen molar-refractivity contribution in [2.75, 3.05) is 0 Å². The molecule has 0 aliphatic carbocycles. The van der Waals surface area contributed by atoms with Crippen molar-refractivity contribution in [1.82, 2.24) is 0 Å². The zero-order chi connectivity index (χ0) is 11.6. The lowest BCUT2D eigenvalue weighted by molar-refractivity contribution is -0.441. The number of halogens is 6. The summed E-state index contributed by atoms with van der Waals surface area (Å²) in [6, 6.07) is 0. The monoisotopic (exact) mass is 227 g/mol. The quantitative estimate of drug-likeness (QED) is 0.235. The van der Waals surface area contributed by atoms with Gasteiger partial charge in [-0.2, -0.15) is 26.3 Å². The maximum atomic E-state index is 11.5. The standard InChI is InChI=1S/C4HF6O4/c5-3(6,7)1(11)13-2(14-12)4(8,9)10/h2H. The summed E-state index contributed by atoms with van der Waals surface area (Å²) in [7, 11) is 0. The van der Waals surface area contributed by atoms with Crippen LogP contribution in [-0.2, 0) is 19.7 Å². The third-order valence-corrected chi connectivity index (χ3v) is 0.800. The molecule has 83 valence electrons. The van der Waals surface area contributed by atoms with Gasteiger partial charge >= 0.3 is 24.6 Å². The Hall–Kier alpha value is -1.03. The van der Waals surface area contributed by atoms with E-state index in [4.69, 9.17) is 0 Å². The molecule has 0 saturated carbocycles. The summed E-state index contributed by atoms with van der Waals surface area (Å²) in [6.45, 7) is 0. The predicted molar refractivity (Wildman–Crippen MR) is 23.8 cm³/mol. The minimum absolute atomic E-state index is 2.26. The van der Waals surface area contributed by atoms with E-state index >= 15 is 0 Å². The van der Waals surface area contributed by atoms with Crippen LogP contribution in [0.15, 0.2) is 0 Å². The fourth-order valence-corrected chi connectivity index (χ4v) is 0.305. The summed E-state index contributed by atoms with van der Waals surface area (Å²) in [4.78, 5) is 12.1. The van der Waals surface area contributed by atoms with E-state index in [0.717, 1.165) is 0 Å². The molecule has 0 rings (SSSR count). The molecule has 10 heteroatoms. The van der Waals surface area contributed by atoms with Crippen molar-refractivity contribution >= 4 is 5.97 Å². The van der Waals surface area contributed by atoms with Crippen LogP contribution in [0.5, 0.6) is 0 Å². The highest BCUT2D eigenvalue weighted by molar-refractivity contribution is 5.75. The summed E-state index contributed by atoms with van der Waals surface area (Å²) < 4.78 is 71.2. The van der Waals surface area contributed by atoms with Gasteiger partial charge in [-0.05, 0) is 5.26 Å². The Labute approximate surface area is 71.9 Å². The van der Waals surface area contributed by atoms with Gasteiger partial charge in [0.05, 0.1) is 0 Å². The van der Waals surface area contributed by atoms with Gasteiger partial charge in [0.2, 0.25) is 0 Å². The second kappa shape index (κ2) is 4.00. The lowest BCUT2D eigenvalue weighted by Gasteiger charge is -2.16. The van der Waals surface area contributed by atoms with E-state index in [1.54, 1.807) is 0 Å². The maximum Gasteiger partial charge on any atom is 0.491 e. The first-order chi connectivity index (χ1) is 6.09. The van der Waals surface area contributed by atoms with Crippen LogP contribution in [0.3, 0.4) is 0 Å². The highest BCUT2D eigenvalue weighted by Gasteiger charge is 2.50. The molecule has 1 radical (unpaired) electrons. The molecule has 4 nitrogen and oxygen atoms in total. The van der Waals surface area contributed by atoms with E-state index in [1.165, 1.54) is 0 Å². The van der Waals surface area contributed by atoms with Crippen LogP contribution in [-0.4, -0.2) is 24.6 Å². The van der Waals surface area contributed by atoms with Crippen molar-refractivity contribution in [3.63, 3.8) is 0 Å². The summed E-state index contributed by atoms with van der Waals surface area (Å²) in [6.07, 6.45) is -14.9. The normalized spacial score (nSPS) is 15.1. The van der Waals surface area contributed by atoms with Gasteiger partial charge in [0.1, 0.15) is 0 Å². The molecule has 0 aromatic rings. The fourth-order valence-electron chi connectivity index (χ4n) is 0.305. The van der Waals surface area contributed by atoms with Gasteiger partial charge < -0.3 is 4.74 Å². The van der Waals surface area contributed by atoms with E-state index in [0.29, 0.717) is 0 Å². The largest absolute Gasteiger partial charge is 0.491 e. The second-order valence-corrected chi connectivity index (χ2v) is 1.87. The zero-order valence-electron chi connectivity index (χ0n) is 5.98. The summed E-state index contributed by atoms with van der Waals surface area (Å²) in [5, 5.41) is 9.27. The van der Waals surface area contributed by atoms with E-state index in [9.17, 15) is 36.4 Å². The molecule has 0 aliphatic rings. The van der Waals surface area contributed by atoms with Gasteiger partial charge in [-0.15, -0.1) is 4.89 Å². The third kappa shape index (κ3) is 3.79. The van der Waals surface area contributed by atoms with Gasteiger partial charge in [-0.3, -0.25) is 0 Å². The first-order valence-corrected chi connectivity index (χ1v) is 2.72. The van der Waals surface area contributed by atoms with E-state index in [-0.39, 0.29) is 0 Å².